The summed E-state index contributed by atoms with van der Waals surface area (Å²) in [5.41, 5.74) is 0. The molecule has 1 heterocycles. The van der Waals surface area contributed by atoms with Crippen LogP contribution in [-0.2, 0) is 4.79 Å². The summed E-state index contributed by atoms with van der Waals surface area (Å²) in [4.78, 5) is 14.5. The minimum atomic E-state index is 0.368. The van der Waals surface area contributed by atoms with Gasteiger partial charge in [-0.05, 0) is 19.3 Å². The monoisotopic (exact) mass is 317 g/mol. The maximum atomic E-state index is 12.0. The van der Waals surface area contributed by atoms with Crippen molar-refractivity contribution in [2.75, 3.05) is 13.1 Å². The summed E-state index contributed by atoms with van der Waals surface area (Å²) < 4.78 is 0. The predicted octanol–water partition coefficient (Wildman–Crippen LogP) is 4.51. The largest absolute Gasteiger partial charge is 0.342 e. The van der Waals surface area contributed by atoms with Crippen molar-refractivity contribution >= 4 is 21.8 Å². The van der Waals surface area contributed by atoms with Crippen LogP contribution in [0.5, 0.6) is 0 Å². The summed E-state index contributed by atoms with van der Waals surface area (Å²) in [6.07, 6.45) is 12.1. The van der Waals surface area contributed by atoms with E-state index < -0.39 is 0 Å². The molecule has 1 amide bonds. The van der Waals surface area contributed by atoms with Crippen LogP contribution in [0.1, 0.15) is 71.1 Å². The normalized spacial score (nSPS) is 20.1. The molecule has 0 aromatic heterocycles. The van der Waals surface area contributed by atoms with E-state index in [1.165, 1.54) is 44.9 Å². The first-order valence-electron chi connectivity index (χ1n) is 7.66. The van der Waals surface area contributed by atoms with E-state index in [4.69, 9.17) is 0 Å². The average Bonchev–Trinajstić information content (AvgIpc) is 2.37. The fourth-order valence-corrected chi connectivity index (χ4v) is 3.22. The summed E-state index contributed by atoms with van der Waals surface area (Å²) in [6.45, 7) is 4.13. The molecular formula is C15H28BrNO. The molecule has 1 unspecified atom stereocenters. The Morgan fingerprint density at radius 1 is 1.17 bits per heavy atom. The van der Waals surface area contributed by atoms with Gasteiger partial charge in [0.1, 0.15) is 0 Å². The van der Waals surface area contributed by atoms with Crippen molar-refractivity contribution in [2.45, 2.75) is 76.0 Å². The fourth-order valence-electron chi connectivity index (χ4n) is 2.54. The second-order valence-corrected chi connectivity index (χ2v) is 6.75. The van der Waals surface area contributed by atoms with Gasteiger partial charge in [-0.2, -0.15) is 0 Å². The number of nitrogens with zero attached hydrogens (tertiary/aromatic N) is 1. The van der Waals surface area contributed by atoms with Crippen LogP contribution in [0, 0.1) is 0 Å². The number of alkyl halides is 1. The number of likely N-dealkylation sites (tertiary alicyclic amines) is 1. The molecule has 2 nitrogen and oxygen atoms in total. The second-order valence-electron chi connectivity index (χ2n) is 5.45. The molecule has 106 valence electrons. The van der Waals surface area contributed by atoms with Crippen molar-refractivity contribution in [1.82, 2.24) is 4.90 Å². The van der Waals surface area contributed by atoms with Gasteiger partial charge in [-0.1, -0.05) is 61.4 Å². The number of hydrogen-bond acceptors (Lipinski definition) is 1. The van der Waals surface area contributed by atoms with Crippen LogP contribution >= 0.6 is 15.9 Å². The molecule has 1 fully saturated rings. The number of hydrogen-bond donors (Lipinski definition) is 0. The Morgan fingerprint density at radius 3 is 2.50 bits per heavy atom. The zero-order chi connectivity index (χ0) is 13.2. The number of halogens is 1. The zero-order valence-electron chi connectivity index (χ0n) is 11.8. The second kappa shape index (κ2) is 9.82. The standard InChI is InChI=1S/C15H28BrNO/c1-2-3-4-5-6-7-8-11-15(18)17-12-9-10-14(16)13-17/h14H,2-13H2,1H3. The number of unbranched alkanes of at least 4 members (excludes halogenated alkanes) is 6. The van der Waals surface area contributed by atoms with Gasteiger partial charge < -0.3 is 4.90 Å². The number of carbonyl (C=O) groups excluding carboxylic acids is 1. The van der Waals surface area contributed by atoms with E-state index in [1.54, 1.807) is 0 Å². The van der Waals surface area contributed by atoms with Crippen LogP contribution in [0.25, 0.3) is 0 Å². The molecule has 0 spiro atoms. The van der Waals surface area contributed by atoms with E-state index in [-0.39, 0.29) is 0 Å². The smallest absolute Gasteiger partial charge is 0.222 e. The van der Waals surface area contributed by atoms with Crippen molar-refractivity contribution in [2.24, 2.45) is 0 Å². The van der Waals surface area contributed by atoms with E-state index in [2.05, 4.69) is 22.9 Å². The van der Waals surface area contributed by atoms with E-state index in [9.17, 15) is 4.79 Å². The highest BCUT2D eigenvalue weighted by Crippen LogP contribution is 2.18. The first kappa shape index (κ1) is 16.0. The molecule has 0 radical (unpaired) electrons. The van der Waals surface area contributed by atoms with Crippen LogP contribution in [0.15, 0.2) is 0 Å². The summed E-state index contributed by atoms with van der Waals surface area (Å²) in [6, 6.07) is 0. The van der Waals surface area contributed by atoms with Gasteiger partial charge >= 0.3 is 0 Å². The molecule has 1 rings (SSSR count). The number of rotatable bonds is 8. The van der Waals surface area contributed by atoms with Crippen molar-refractivity contribution in [1.29, 1.82) is 0 Å². The molecule has 18 heavy (non-hydrogen) atoms. The number of carbonyl (C=O) groups is 1. The van der Waals surface area contributed by atoms with Gasteiger partial charge in [-0.3, -0.25) is 4.79 Å². The van der Waals surface area contributed by atoms with Crippen molar-refractivity contribution < 1.29 is 4.79 Å². The van der Waals surface area contributed by atoms with Crippen LogP contribution in [0.2, 0.25) is 0 Å². The minimum Gasteiger partial charge on any atom is -0.342 e. The summed E-state index contributed by atoms with van der Waals surface area (Å²) in [7, 11) is 0. The van der Waals surface area contributed by atoms with E-state index >= 15 is 0 Å². The third kappa shape index (κ3) is 6.77. The summed E-state index contributed by atoms with van der Waals surface area (Å²) in [5, 5.41) is 0. The van der Waals surface area contributed by atoms with Crippen molar-refractivity contribution in [3.05, 3.63) is 0 Å². The molecule has 1 aliphatic rings. The predicted molar refractivity (Wildman–Crippen MR) is 81.1 cm³/mol. The quantitative estimate of drug-likeness (QED) is 0.476. The first-order valence-corrected chi connectivity index (χ1v) is 8.57. The molecule has 3 heteroatoms. The Morgan fingerprint density at radius 2 is 1.83 bits per heavy atom. The Labute approximate surface area is 121 Å². The van der Waals surface area contributed by atoms with Crippen LogP contribution in [0.3, 0.4) is 0 Å². The molecule has 0 bridgehead atoms. The minimum absolute atomic E-state index is 0.368. The summed E-state index contributed by atoms with van der Waals surface area (Å²) in [5.74, 6) is 0.368. The number of piperidine rings is 1. The molecule has 0 N–H and O–H groups in total. The molecule has 1 saturated heterocycles. The van der Waals surface area contributed by atoms with Gasteiger partial charge in [-0.25, -0.2) is 0 Å². The molecule has 0 aromatic rings. The van der Waals surface area contributed by atoms with Gasteiger partial charge in [0.25, 0.3) is 0 Å². The Balaban J connectivity index is 1.99. The van der Waals surface area contributed by atoms with Gasteiger partial charge in [0, 0.05) is 24.3 Å². The van der Waals surface area contributed by atoms with Crippen LogP contribution in [-0.4, -0.2) is 28.7 Å². The zero-order valence-corrected chi connectivity index (χ0v) is 13.4. The van der Waals surface area contributed by atoms with E-state index in [0.29, 0.717) is 10.7 Å². The molecule has 0 saturated carbocycles. The molecular weight excluding hydrogens is 290 g/mol. The molecule has 1 atom stereocenters. The maximum Gasteiger partial charge on any atom is 0.222 e. The molecule has 1 aliphatic heterocycles. The third-order valence-electron chi connectivity index (χ3n) is 3.71. The van der Waals surface area contributed by atoms with E-state index in [0.717, 1.165) is 32.4 Å². The highest BCUT2D eigenvalue weighted by atomic mass is 79.9. The van der Waals surface area contributed by atoms with Gasteiger partial charge in [0.2, 0.25) is 5.91 Å². The highest BCUT2D eigenvalue weighted by molar-refractivity contribution is 9.09. The highest BCUT2D eigenvalue weighted by Gasteiger charge is 2.20. The summed E-state index contributed by atoms with van der Waals surface area (Å²) >= 11 is 3.62. The SMILES string of the molecule is CCCCCCCCCC(=O)N1CCCC(Br)C1. The lowest BCUT2D eigenvalue weighted by Gasteiger charge is -2.30. The van der Waals surface area contributed by atoms with Crippen molar-refractivity contribution in [3.63, 3.8) is 0 Å². The molecule has 0 aliphatic carbocycles. The van der Waals surface area contributed by atoms with Crippen LogP contribution < -0.4 is 0 Å². The molecule has 0 aromatic carbocycles. The van der Waals surface area contributed by atoms with Gasteiger partial charge in [0.05, 0.1) is 0 Å². The van der Waals surface area contributed by atoms with Gasteiger partial charge in [0.15, 0.2) is 0 Å². The first-order chi connectivity index (χ1) is 8.74. The Kier molecular flexibility index (Phi) is 8.74. The maximum absolute atomic E-state index is 12.0. The third-order valence-corrected chi connectivity index (χ3v) is 4.46. The lowest BCUT2D eigenvalue weighted by atomic mass is 10.1. The van der Waals surface area contributed by atoms with Crippen molar-refractivity contribution in [3.8, 4) is 0 Å². The Hall–Kier alpha value is -0.0500. The topological polar surface area (TPSA) is 20.3 Å². The van der Waals surface area contributed by atoms with Gasteiger partial charge in [-0.15, -0.1) is 0 Å². The average molecular weight is 318 g/mol. The van der Waals surface area contributed by atoms with E-state index in [1.807, 2.05) is 4.90 Å². The Bertz CT molecular complexity index is 233. The number of amides is 1. The van der Waals surface area contributed by atoms with Crippen LogP contribution in [0.4, 0.5) is 0 Å². The fraction of sp³-hybridized carbons (Fsp3) is 0.933. The lowest BCUT2D eigenvalue weighted by Crippen LogP contribution is -2.40. The lowest BCUT2D eigenvalue weighted by molar-refractivity contribution is -0.132.